The maximum Gasteiger partial charge on any atom is 0.307 e. The molecule has 0 aliphatic carbocycles. The van der Waals surface area contributed by atoms with Gasteiger partial charge in [-0.2, -0.15) is 0 Å². The summed E-state index contributed by atoms with van der Waals surface area (Å²) in [6.45, 7) is 3.77. The van der Waals surface area contributed by atoms with E-state index >= 15 is 0 Å². The normalized spacial score (nSPS) is 10.5. The highest BCUT2D eigenvalue weighted by molar-refractivity contribution is 5.73. The zero-order valence-electron chi connectivity index (χ0n) is 10.9. The molecule has 2 aromatic rings. The molecule has 1 N–H and O–H groups in total. The number of hydrogen-bond acceptors (Lipinski definition) is 1. The molecule has 0 aromatic heterocycles. The Hall–Kier alpha value is -2.16. The van der Waals surface area contributed by atoms with Gasteiger partial charge in [-0.3, -0.25) is 4.79 Å². The average Bonchev–Trinajstić information content (AvgIpc) is 2.33. The number of carboxylic acid groups (broad SMARTS) is 1. The molecule has 0 heterocycles. The fourth-order valence-corrected chi connectivity index (χ4v) is 2.26. The third-order valence-electron chi connectivity index (χ3n) is 3.18. The SMILES string of the molecule is Cc1cc(-c2cccc(F)c2)cc(C)c1CC(=O)O. The van der Waals surface area contributed by atoms with Gasteiger partial charge in [-0.15, -0.1) is 0 Å². The summed E-state index contributed by atoms with van der Waals surface area (Å²) in [5.74, 6) is -1.12. The molecule has 0 aliphatic heterocycles. The molecule has 0 saturated heterocycles. The molecule has 0 spiro atoms. The van der Waals surface area contributed by atoms with Gasteiger partial charge in [0, 0.05) is 0 Å². The Morgan fingerprint density at radius 2 is 1.74 bits per heavy atom. The predicted molar refractivity (Wildman–Crippen MR) is 72.6 cm³/mol. The van der Waals surface area contributed by atoms with E-state index in [1.165, 1.54) is 12.1 Å². The molecule has 0 radical (unpaired) electrons. The Bertz CT molecular complexity index is 609. The minimum Gasteiger partial charge on any atom is -0.481 e. The first-order valence-electron chi connectivity index (χ1n) is 6.05. The monoisotopic (exact) mass is 258 g/mol. The molecule has 2 aromatic carbocycles. The largest absolute Gasteiger partial charge is 0.481 e. The second-order valence-electron chi connectivity index (χ2n) is 4.67. The van der Waals surface area contributed by atoms with E-state index in [0.29, 0.717) is 0 Å². The zero-order valence-corrected chi connectivity index (χ0v) is 10.9. The van der Waals surface area contributed by atoms with Crippen LogP contribution in [0.15, 0.2) is 36.4 Å². The summed E-state index contributed by atoms with van der Waals surface area (Å²) in [5, 5.41) is 8.89. The van der Waals surface area contributed by atoms with Crippen LogP contribution in [0, 0.1) is 19.7 Å². The Morgan fingerprint density at radius 1 is 1.11 bits per heavy atom. The highest BCUT2D eigenvalue weighted by Gasteiger charge is 2.10. The second-order valence-corrected chi connectivity index (χ2v) is 4.67. The van der Waals surface area contributed by atoms with Crippen molar-refractivity contribution in [2.75, 3.05) is 0 Å². The van der Waals surface area contributed by atoms with Crippen LogP contribution in [0.4, 0.5) is 4.39 Å². The highest BCUT2D eigenvalue weighted by atomic mass is 19.1. The van der Waals surface area contributed by atoms with Crippen molar-refractivity contribution in [1.82, 2.24) is 0 Å². The topological polar surface area (TPSA) is 37.3 Å². The van der Waals surface area contributed by atoms with E-state index in [1.54, 1.807) is 6.07 Å². The van der Waals surface area contributed by atoms with Crippen molar-refractivity contribution in [3.63, 3.8) is 0 Å². The predicted octanol–water partition coefficient (Wildman–Crippen LogP) is 3.74. The third kappa shape index (κ3) is 2.99. The number of halogens is 1. The molecule has 98 valence electrons. The smallest absolute Gasteiger partial charge is 0.307 e. The molecule has 2 rings (SSSR count). The van der Waals surface area contributed by atoms with Gasteiger partial charge in [0.25, 0.3) is 0 Å². The maximum atomic E-state index is 13.2. The van der Waals surface area contributed by atoms with E-state index in [4.69, 9.17) is 5.11 Å². The minimum atomic E-state index is -0.843. The number of hydrogen-bond donors (Lipinski definition) is 1. The summed E-state index contributed by atoms with van der Waals surface area (Å²) in [7, 11) is 0. The number of aliphatic carboxylic acids is 1. The molecule has 2 nitrogen and oxygen atoms in total. The van der Waals surface area contributed by atoms with Crippen molar-refractivity contribution >= 4 is 5.97 Å². The molecule has 0 amide bonds. The molecular formula is C16H15FO2. The van der Waals surface area contributed by atoms with Gasteiger partial charge in [-0.05, 0) is 53.8 Å². The lowest BCUT2D eigenvalue weighted by Gasteiger charge is -2.11. The summed E-state index contributed by atoms with van der Waals surface area (Å²) in [6, 6.07) is 10.2. The second kappa shape index (κ2) is 5.22. The van der Waals surface area contributed by atoms with Crippen molar-refractivity contribution in [1.29, 1.82) is 0 Å². The molecule has 0 atom stereocenters. The van der Waals surface area contributed by atoms with Gasteiger partial charge < -0.3 is 5.11 Å². The quantitative estimate of drug-likeness (QED) is 0.910. The van der Waals surface area contributed by atoms with Crippen LogP contribution in [0.5, 0.6) is 0 Å². The van der Waals surface area contributed by atoms with Gasteiger partial charge in [0.15, 0.2) is 0 Å². The van der Waals surface area contributed by atoms with E-state index in [-0.39, 0.29) is 12.2 Å². The molecule has 0 fully saturated rings. The summed E-state index contributed by atoms with van der Waals surface area (Å²) in [4.78, 5) is 10.8. The summed E-state index contributed by atoms with van der Waals surface area (Å²) >= 11 is 0. The van der Waals surface area contributed by atoms with Gasteiger partial charge in [-0.1, -0.05) is 24.3 Å². The molecular weight excluding hydrogens is 243 g/mol. The van der Waals surface area contributed by atoms with Crippen LogP contribution in [0.25, 0.3) is 11.1 Å². The Labute approximate surface area is 111 Å². The van der Waals surface area contributed by atoms with Crippen LogP contribution in [-0.2, 0) is 11.2 Å². The standard InChI is InChI=1S/C16H15FO2/c1-10-6-13(12-4-3-5-14(17)8-12)7-11(2)15(10)9-16(18)19/h3-8H,9H2,1-2H3,(H,18,19). The van der Waals surface area contributed by atoms with Crippen molar-refractivity contribution in [2.45, 2.75) is 20.3 Å². The van der Waals surface area contributed by atoms with Gasteiger partial charge >= 0.3 is 5.97 Å². The minimum absolute atomic E-state index is 0.0150. The van der Waals surface area contributed by atoms with Gasteiger partial charge in [0.2, 0.25) is 0 Å². The molecule has 0 aliphatic rings. The van der Waals surface area contributed by atoms with E-state index in [1.807, 2.05) is 32.0 Å². The first-order valence-corrected chi connectivity index (χ1v) is 6.05. The first-order chi connectivity index (χ1) is 8.97. The first kappa shape index (κ1) is 13.3. The van der Waals surface area contributed by atoms with E-state index in [9.17, 15) is 9.18 Å². The lowest BCUT2D eigenvalue weighted by molar-refractivity contribution is -0.136. The van der Waals surface area contributed by atoms with Crippen LogP contribution in [0.2, 0.25) is 0 Å². The van der Waals surface area contributed by atoms with Crippen molar-refractivity contribution in [3.05, 3.63) is 58.9 Å². The third-order valence-corrected chi connectivity index (χ3v) is 3.18. The van der Waals surface area contributed by atoms with E-state index in [0.717, 1.165) is 27.8 Å². The van der Waals surface area contributed by atoms with Crippen LogP contribution < -0.4 is 0 Å². The number of carboxylic acids is 1. The molecule has 0 saturated carbocycles. The van der Waals surface area contributed by atoms with Gasteiger partial charge in [0.1, 0.15) is 5.82 Å². The fourth-order valence-electron chi connectivity index (χ4n) is 2.26. The zero-order chi connectivity index (χ0) is 14.0. The molecule has 0 bridgehead atoms. The Morgan fingerprint density at radius 3 is 2.26 bits per heavy atom. The molecule has 0 unspecified atom stereocenters. The number of rotatable bonds is 3. The van der Waals surface area contributed by atoms with E-state index in [2.05, 4.69) is 0 Å². The van der Waals surface area contributed by atoms with Gasteiger partial charge in [0.05, 0.1) is 6.42 Å². The summed E-state index contributed by atoms with van der Waals surface area (Å²) < 4.78 is 13.2. The lowest BCUT2D eigenvalue weighted by Crippen LogP contribution is -2.04. The fraction of sp³-hybridized carbons (Fsp3) is 0.188. The maximum absolute atomic E-state index is 13.2. The Kier molecular flexibility index (Phi) is 3.65. The summed E-state index contributed by atoms with van der Waals surface area (Å²) in [5.41, 5.74) is 4.37. The number of carbonyl (C=O) groups is 1. The highest BCUT2D eigenvalue weighted by Crippen LogP contribution is 2.26. The van der Waals surface area contributed by atoms with Crippen LogP contribution in [0.1, 0.15) is 16.7 Å². The van der Waals surface area contributed by atoms with Crippen LogP contribution in [-0.4, -0.2) is 11.1 Å². The molecule has 19 heavy (non-hydrogen) atoms. The number of aryl methyl sites for hydroxylation is 2. The van der Waals surface area contributed by atoms with Crippen molar-refractivity contribution in [3.8, 4) is 11.1 Å². The van der Waals surface area contributed by atoms with Crippen molar-refractivity contribution < 1.29 is 14.3 Å². The van der Waals surface area contributed by atoms with Crippen LogP contribution >= 0.6 is 0 Å². The summed E-state index contributed by atoms with van der Waals surface area (Å²) in [6.07, 6.45) is 0.0150. The van der Waals surface area contributed by atoms with Crippen molar-refractivity contribution in [2.24, 2.45) is 0 Å². The lowest BCUT2D eigenvalue weighted by atomic mass is 9.94. The molecule has 3 heteroatoms. The van der Waals surface area contributed by atoms with Gasteiger partial charge in [-0.25, -0.2) is 4.39 Å². The number of benzene rings is 2. The van der Waals surface area contributed by atoms with E-state index < -0.39 is 5.97 Å². The average molecular weight is 258 g/mol. The Balaban J connectivity index is 2.48. The van der Waals surface area contributed by atoms with Crippen LogP contribution in [0.3, 0.4) is 0 Å².